The summed E-state index contributed by atoms with van der Waals surface area (Å²) in [5.74, 6) is -0.308. The van der Waals surface area contributed by atoms with Gasteiger partial charge in [-0.1, -0.05) is 48.0 Å². The van der Waals surface area contributed by atoms with Crippen molar-refractivity contribution in [2.75, 3.05) is 17.9 Å². The van der Waals surface area contributed by atoms with Gasteiger partial charge in [-0.3, -0.25) is 9.10 Å². The lowest BCUT2D eigenvalue weighted by molar-refractivity contribution is -0.128. The van der Waals surface area contributed by atoms with E-state index in [2.05, 4.69) is 0 Å². The number of likely N-dealkylation sites (N-methyl/N-ethyl adjacent to an activating group) is 1. The highest BCUT2D eigenvalue weighted by Gasteiger charge is 2.29. The summed E-state index contributed by atoms with van der Waals surface area (Å²) in [6.07, 6.45) is 0. The van der Waals surface area contributed by atoms with Gasteiger partial charge in [-0.2, -0.15) is 0 Å². The number of sulfonamides is 1. The molecule has 1 aromatic heterocycles. The molecule has 3 rings (SSSR count). The fourth-order valence-corrected chi connectivity index (χ4v) is 5.51. The summed E-state index contributed by atoms with van der Waals surface area (Å²) in [7, 11) is -2.25. The minimum Gasteiger partial charge on any atom is -0.339 e. The number of halogens is 1. The van der Waals surface area contributed by atoms with Crippen molar-refractivity contribution in [3.05, 3.63) is 81.5 Å². The summed E-state index contributed by atoms with van der Waals surface area (Å²) in [6, 6.07) is 18.9. The van der Waals surface area contributed by atoms with Crippen LogP contribution in [0.3, 0.4) is 0 Å². The number of carbonyl (C=O) groups is 1. The maximum atomic E-state index is 13.3. The molecule has 0 aliphatic rings. The van der Waals surface area contributed by atoms with Gasteiger partial charge in [0.2, 0.25) is 5.91 Å². The first-order valence-electron chi connectivity index (χ1n) is 8.90. The maximum Gasteiger partial charge on any atom is 0.264 e. The number of benzene rings is 2. The van der Waals surface area contributed by atoms with Crippen LogP contribution in [0.4, 0.5) is 5.69 Å². The molecule has 0 unspecified atom stereocenters. The standard InChI is InChI=1S/C21H21ClN2O3S2/c1-16-8-6-7-11-19(16)24(29(26,27)18-9-4-3-5-10-18)15-21(25)23(2)14-17-12-13-20(22)28-17/h3-13H,14-15H2,1-2H3. The van der Waals surface area contributed by atoms with E-state index >= 15 is 0 Å². The summed E-state index contributed by atoms with van der Waals surface area (Å²) in [5.41, 5.74) is 1.25. The molecule has 0 spiro atoms. The van der Waals surface area contributed by atoms with Crippen molar-refractivity contribution in [1.29, 1.82) is 0 Å². The monoisotopic (exact) mass is 448 g/mol. The van der Waals surface area contributed by atoms with Gasteiger partial charge in [-0.05, 0) is 42.8 Å². The average Bonchev–Trinajstić information content (AvgIpc) is 3.11. The third kappa shape index (κ3) is 4.98. The molecule has 0 saturated heterocycles. The maximum absolute atomic E-state index is 13.3. The van der Waals surface area contributed by atoms with E-state index in [0.717, 1.165) is 10.4 Å². The number of thiophene rings is 1. The third-order valence-electron chi connectivity index (χ3n) is 4.44. The predicted octanol–water partition coefficient (Wildman–Crippen LogP) is 4.56. The molecule has 8 heteroatoms. The van der Waals surface area contributed by atoms with Crippen molar-refractivity contribution in [3.63, 3.8) is 0 Å². The van der Waals surface area contributed by atoms with E-state index in [9.17, 15) is 13.2 Å². The van der Waals surface area contributed by atoms with E-state index < -0.39 is 10.0 Å². The van der Waals surface area contributed by atoms with Crippen LogP contribution in [0.2, 0.25) is 4.34 Å². The smallest absolute Gasteiger partial charge is 0.264 e. The first kappa shape index (κ1) is 21.4. The van der Waals surface area contributed by atoms with Crippen molar-refractivity contribution >= 4 is 44.6 Å². The summed E-state index contributed by atoms with van der Waals surface area (Å²) >= 11 is 7.35. The van der Waals surface area contributed by atoms with Crippen LogP contribution in [0.15, 0.2) is 71.6 Å². The Labute approximate surface area is 180 Å². The minimum absolute atomic E-state index is 0.142. The van der Waals surface area contributed by atoms with E-state index in [1.807, 2.05) is 25.1 Å². The summed E-state index contributed by atoms with van der Waals surface area (Å²) < 4.78 is 28.5. The fourth-order valence-electron chi connectivity index (χ4n) is 2.86. The largest absolute Gasteiger partial charge is 0.339 e. The summed E-state index contributed by atoms with van der Waals surface area (Å²) in [4.78, 5) is 15.5. The van der Waals surface area contributed by atoms with Crippen LogP contribution in [-0.2, 0) is 21.4 Å². The molecule has 0 fully saturated rings. The zero-order chi connectivity index (χ0) is 21.0. The molecule has 3 aromatic rings. The highest BCUT2D eigenvalue weighted by Crippen LogP contribution is 2.27. The Morgan fingerprint density at radius 3 is 2.28 bits per heavy atom. The van der Waals surface area contributed by atoms with E-state index in [4.69, 9.17) is 11.6 Å². The molecule has 0 aliphatic heterocycles. The highest BCUT2D eigenvalue weighted by molar-refractivity contribution is 7.92. The van der Waals surface area contributed by atoms with Crippen LogP contribution in [0, 0.1) is 6.92 Å². The van der Waals surface area contributed by atoms with E-state index in [-0.39, 0.29) is 17.3 Å². The average molecular weight is 449 g/mol. The molecule has 0 bridgehead atoms. The van der Waals surface area contributed by atoms with Crippen molar-refractivity contribution in [2.24, 2.45) is 0 Å². The van der Waals surface area contributed by atoms with Gasteiger partial charge in [-0.25, -0.2) is 8.42 Å². The molecule has 1 amide bonds. The lowest BCUT2D eigenvalue weighted by Gasteiger charge is -2.27. The number of hydrogen-bond acceptors (Lipinski definition) is 4. The number of amides is 1. The number of carbonyl (C=O) groups excluding carboxylic acids is 1. The summed E-state index contributed by atoms with van der Waals surface area (Å²) in [5, 5.41) is 0. The van der Waals surface area contributed by atoms with E-state index in [0.29, 0.717) is 16.6 Å². The minimum atomic E-state index is -3.91. The number of hydrogen-bond donors (Lipinski definition) is 0. The van der Waals surface area contributed by atoms with Gasteiger partial charge in [-0.15, -0.1) is 11.3 Å². The number of rotatable bonds is 7. The topological polar surface area (TPSA) is 57.7 Å². The quantitative estimate of drug-likeness (QED) is 0.532. The SMILES string of the molecule is Cc1ccccc1N(CC(=O)N(C)Cc1ccc(Cl)s1)S(=O)(=O)c1ccccc1. The Hall–Kier alpha value is -2.35. The molecule has 0 N–H and O–H groups in total. The number of nitrogens with zero attached hydrogens (tertiary/aromatic N) is 2. The lowest BCUT2D eigenvalue weighted by atomic mass is 10.2. The van der Waals surface area contributed by atoms with Gasteiger partial charge in [0, 0.05) is 11.9 Å². The van der Waals surface area contributed by atoms with Gasteiger partial charge >= 0.3 is 0 Å². The number of anilines is 1. The molecule has 2 aromatic carbocycles. The van der Waals surface area contributed by atoms with Crippen LogP contribution >= 0.6 is 22.9 Å². The van der Waals surface area contributed by atoms with Crippen LogP contribution in [0.5, 0.6) is 0 Å². The third-order valence-corrected chi connectivity index (χ3v) is 7.43. The number of para-hydroxylation sites is 1. The Kier molecular flexibility index (Phi) is 6.62. The van der Waals surface area contributed by atoms with Crippen LogP contribution in [0.25, 0.3) is 0 Å². The molecule has 5 nitrogen and oxygen atoms in total. The lowest BCUT2D eigenvalue weighted by Crippen LogP contribution is -2.41. The normalized spacial score (nSPS) is 11.3. The van der Waals surface area contributed by atoms with Gasteiger partial charge in [0.05, 0.1) is 21.5 Å². The Balaban J connectivity index is 1.91. The molecule has 29 heavy (non-hydrogen) atoms. The second kappa shape index (κ2) is 8.98. The zero-order valence-corrected chi connectivity index (χ0v) is 18.5. The van der Waals surface area contributed by atoms with Crippen LogP contribution in [-0.4, -0.2) is 32.8 Å². The molecule has 1 heterocycles. The second-order valence-corrected chi connectivity index (χ2v) is 10.2. The Morgan fingerprint density at radius 1 is 1.00 bits per heavy atom. The van der Waals surface area contributed by atoms with Gasteiger partial charge in [0.25, 0.3) is 10.0 Å². The molecular weight excluding hydrogens is 428 g/mol. The molecule has 0 aliphatic carbocycles. The van der Waals surface area contributed by atoms with Crippen molar-refractivity contribution in [1.82, 2.24) is 4.90 Å². The molecule has 0 saturated carbocycles. The first-order valence-corrected chi connectivity index (χ1v) is 11.5. The Morgan fingerprint density at radius 2 is 1.66 bits per heavy atom. The summed E-state index contributed by atoms with van der Waals surface area (Å²) in [6.45, 7) is 1.89. The van der Waals surface area contributed by atoms with Gasteiger partial charge in [0.15, 0.2) is 0 Å². The predicted molar refractivity (Wildman–Crippen MR) is 118 cm³/mol. The molecule has 0 radical (unpaired) electrons. The first-order chi connectivity index (χ1) is 13.8. The molecular formula is C21H21ClN2O3S2. The van der Waals surface area contributed by atoms with Crippen molar-refractivity contribution < 1.29 is 13.2 Å². The van der Waals surface area contributed by atoms with Crippen LogP contribution in [0.1, 0.15) is 10.4 Å². The number of aryl methyl sites for hydroxylation is 1. The Bertz CT molecular complexity index is 1100. The van der Waals surface area contributed by atoms with Gasteiger partial charge in [0.1, 0.15) is 6.54 Å². The van der Waals surface area contributed by atoms with E-state index in [1.54, 1.807) is 43.4 Å². The van der Waals surface area contributed by atoms with Crippen molar-refractivity contribution in [2.45, 2.75) is 18.4 Å². The molecule has 0 atom stereocenters. The second-order valence-electron chi connectivity index (χ2n) is 6.57. The zero-order valence-electron chi connectivity index (χ0n) is 16.1. The molecule has 152 valence electrons. The van der Waals surface area contributed by atoms with Crippen LogP contribution < -0.4 is 4.31 Å². The van der Waals surface area contributed by atoms with E-state index in [1.165, 1.54) is 32.7 Å². The highest BCUT2D eigenvalue weighted by atomic mass is 35.5. The fraction of sp³-hybridized carbons (Fsp3) is 0.190. The van der Waals surface area contributed by atoms with Gasteiger partial charge < -0.3 is 4.90 Å². The van der Waals surface area contributed by atoms with Crippen molar-refractivity contribution in [3.8, 4) is 0 Å².